The van der Waals surface area contributed by atoms with Gasteiger partial charge in [-0.25, -0.2) is 0 Å². The van der Waals surface area contributed by atoms with Crippen LogP contribution in [0.5, 0.6) is 0 Å². The van der Waals surface area contributed by atoms with Gasteiger partial charge in [0.25, 0.3) is 5.91 Å². The van der Waals surface area contributed by atoms with E-state index in [1.807, 2.05) is 35.2 Å². The number of hydrogen-bond acceptors (Lipinski definition) is 4. The smallest absolute Gasteiger partial charge is 0.255 e. The van der Waals surface area contributed by atoms with E-state index in [0.29, 0.717) is 30.4 Å². The highest BCUT2D eigenvalue weighted by molar-refractivity contribution is 8.00. The third-order valence-corrected chi connectivity index (χ3v) is 6.71. The van der Waals surface area contributed by atoms with Crippen LogP contribution in [0.25, 0.3) is 0 Å². The number of benzene rings is 1. The normalized spacial score (nSPS) is 23.8. The Bertz CT molecular complexity index is 604. The molecule has 2 amide bonds. The van der Waals surface area contributed by atoms with Crippen LogP contribution in [0.15, 0.2) is 30.3 Å². The largest absolute Gasteiger partial charge is 0.383 e. The molecule has 0 bridgehead atoms. The summed E-state index contributed by atoms with van der Waals surface area (Å²) in [5, 5.41) is 3.01. The maximum absolute atomic E-state index is 13.3. The van der Waals surface area contributed by atoms with E-state index in [0.717, 1.165) is 12.8 Å². The average molecular weight is 377 g/mol. The predicted octanol–water partition coefficient (Wildman–Crippen LogP) is 2.91. The summed E-state index contributed by atoms with van der Waals surface area (Å²) in [5.74, 6) is 1.05. The molecule has 1 heterocycles. The minimum atomic E-state index is -0.406. The number of nitrogens with one attached hydrogen (secondary N) is 1. The van der Waals surface area contributed by atoms with Gasteiger partial charge in [0.05, 0.1) is 12.0 Å². The molecule has 6 heteroatoms. The van der Waals surface area contributed by atoms with Crippen LogP contribution in [0.3, 0.4) is 0 Å². The molecule has 0 spiro atoms. The van der Waals surface area contributed by atoms with E-state index in [9.17, 15) is 9.59 Å². The van der Waals surface area contributed by atoms with Gasteiger partial charge in [-0.15, -0.1) is 11.8 Å². The predicted molar refractivity (Wildman–Crippen MR) is 104 cm³/mol. The van der Waals surface area contributed by atoms with Gasteiger partial charge in [0, 0.05) is 25.0 Å². The van der Waals surface area contributed by atoms with E-state index < -0.39 is 6.04 Å². The molecule has 0 aromatic heterocycles. The lowest BCUT2D eigenvalue weighted by molar-refractivity contribution is -0.125. The van der Waals surface area contributed by atoms with E-state index in [-0.39, 0.29) is 17.2 Å². The standard InChI is InChI=1S/C20H28N2O3S/c1-25-13-12-21-18(23)17-14-26-20(16-10-6-3-7-11-16)22(17)19(24)15-8-4-2-5-9-15/h2,4-5,8-9,16-17,20H,3,6-7,10-14H2,1H3,(H,21,23). The van der Waals surface area contributed by atoms with E-state index in [4.69, 9.17) is 4.74 Å². The molecule has 0 radical (unpaired) electrons. The molecular formula is C20H28N2O3S. The summed E-state index contributed by atoms with van der Waals surface area (Å²) >= 11 is 1.77. The number of nitrogens with zero attached hydrogens (tertiary/aromatic N) is 1. The molecule has 2 unspecified atom stereocenters. The molecule has 142 valence electrons. The Balaban J connectivity index is 1.79. The van der Waals surface area contributed by atoms with Crippen molar-refractivity contribution in [3.8, 4) is 0 Å². The molecule has 1 N–H and O–H groups in total. The van der Waals surface area contributed by atoms with Gasteiger partial charge in [0.15, 0.2) is 0 Å². The van der Waals surface area contributed by atoms with Crippen molar-refractivity contribution in [2.75, 3.05) is 26.0 Å². The molecular weight excluding hydrogens is 348 g/mol. The zero-order chi connectivity index (χ0) is 18.4. The number of carbonyl (C=O) groups excluding carboxylic acids is 2. The zero-order valence-corrected chi connectivity index (χ0v) is 16.2. The van der Waals surface area contributed by atoms with Gasteiger partial charge in [-0.2, -0.15) is 0 Å². The lowest BCUT2D eigenvalue weighted by Crippen LogP contribution is -2.51. The fourth-order valence-corrected chi connectivity index (χ4v) is 5.53. The van der Waals surface area contributed by atoms with Gasteiger partial charge in [-0.1, -0.05) is 37.5 Å². The second-order valence-electron chi connectivity index (χ2n) is 7.00. The highest BCUT2D eigenvalue weighted by Gasteiger charge is 2.44. The highest BCUT2D eigenvalue weighted by atomic mass is 32.2. The second kappa shape index (κ2) is 9.42. The van der Waals surface area contributed by atoms with E-state index in [2.05, 4.69) is 5.32 Å². The third kappa shape index (κ3) is 4.41. The van der Waals surface area contributed by atoms with Crippen molar-refractivity contribution < 1.29 is 14.3 Å². The number of hydrogen-bond donors (Lipinski definition) is 1. The lowest BCUT2D eigenvalue weighted by Gasteiger charge is -2.35. The number of ether oxygens (including phenoxy) is 1. The molecule has 5 nitrogen and oxygen atoms in total. The minimum Gasteiger partial charge on any atom is -0.383 e. The van der Waals surface area contributed by atoms with Crippen molar-refractivity contribution in [2.24, 2.45) is 5.92 Å². The van der Waals surface area contributed by atoms with Crippen LogP contribution in [-0.4, -0.2) is 54.1 Å². The molecule has 1 aromatic rings. The van der Waals surface area contributed by atoms with Gasteiger partial charge in [0.1, 0.15) is 6.04 Å². The Morgan fingerprint density at radius 3 is 2.62 bits per heavy atom. The first-order chi connectivity index (χ1) is 12.7. The fraction of sp³-hybridized carbons (Fsp3) is 0.600. The molecule has 3 rings (SSSR count). The van der Waals surface area contributed by atoms with Gasteiger partial charge in [0.2, 0.25) is 5.91 Å². The molecule has 2 fully saturated rings. The first kappa shape index (κ1) is 19.2. The van der Waals surface area contributed by atoms with Crippen molar-refractivity contribution in [1.29, 1.82) is 0 Å². The monoisotopic (exact) mass is 376 g/mol. The quantitative estimate of drug-likeness (QED) is 0.776. The molecule has 1 aliphatic carbocycles. The van der Waals surface area contributed by atoms with Crippen LogP contribution in [-0.2, 0) is 9.53 Å². The Kier molecular flexibility index (Phi) is 6.97. The first-order valence-corrected chi connectivity index (χ1v) is 10.5. The zero-order valence-electron chi connectivity index (χ0n) is 15.4. The first-order valence-electron chi connectivity index (χ1n) is 9.48. The van der Waals surface area contributed by atoms with E-state index >= 15 is 0 Å². The summed E-state index contributed by atoms with van der Waals surface area (Å²) in [6.07, 6.45) is 6.02. The van der Waals surface area contributed by atoms with Crippen LogP contribution in [0, 0.1) is 5.92 Å². The lowest BCUT2D eigenvalue weighted by atomic mass is 9.88. The number of rotatable bonds is 6. The fourth-order valence-electron chi connectivity index (χ4n) is 3.89. The third-order valence-electron chi connectivity index (χ3n) is 5.25. The molecule has 1 aromatic carbocycles. The number of methoxy groups -OCH3 is 1. The Labute approximate surface area is 159 Å². The Morgan fingerprint density at radius 2 is 1.92 bits per heavy atom. The van der Waals surface area contributed by atoms with Crippen LogP contribution in [0.1, 0.15) is 42.5 Å². The summed E-state index contributed by atoms with van der Waals surface area (Å²) in [6.45, 7) is 0.947. The number of amides is 2. The van der Waals surface area contributed by atoms with E-state index in [1.54, 1.807) is 18.9 Å². The second-order valence-corrected chi connectivity index (χ2v) is 8.15. The SMILES string of the molecule is COCCNC(=O)C1CSC(C2CCCCC2)N1C(=O)c1ccccc1. The molecule has 26 heavy (non-hydrogen) atoms. The van der Waals surface area contributed by atoms with Crippen molar-refractivity contribution in [2.45, 2.75) is 43.5 Å². The van der Waals surface area contributed by atoms with Crippen LogP contribution < -0.4 is 5.32 Å². The maximum atomic E-state index is 13.3. The average Bonchev–Trinajstić information content (AvgIpc) is 3.14. The molecule has 1 aliphatic heterocycles. The van der Waals surface area contributed by atoms with Crippen LogP contribution >= 0.6 is 11.8 Å². The molecule has 2 atom stereocenters. The van der Waals surface area contributed by atoms with Gasteiger partial charge in [-0.05, 0) is 30.9 Å². The molecule has 1 saturated heterocycles. The minimum absolute atomic E-state index is 0.0296. The molecule has 2 aliphatic rings. The summed E-state index contributed by atoms with van der Waals surface area (Å²) in [6, 6.07) is 8.92. The summed E-state index contributed by atoms with van der Waals surface area (Å²) in [4.78, 5) is 27.8. The topological polar surface area (TPSA) is 58.6 Å². The van der Waals surface area contributed by atoms with E-state index in [1.165, 1.54) is 19.3 Å². The van der Waals surface area contributed by atoms with Crippen molar-refractivity contribution in [3.05, 3.63) is 35.9 Å². The van der Waals surface area contributed by atoms with Crippen molar-refractivity contribution >= 4 is 23.6 Å². The van der Waals surface area contributed by atoms with Crippen LogP contribution in [0.4, 0.5) is 0 Å². The Hall–Kier alpha value is -1.53. The summed E-state index contributed by atoms with van der Waals surface area (Å²) in [7, 11) is 1.61. The number of carbonyl (C=O) groups is 2. The van der Waals surface area contributed by atoms with Crippen LogP contribution in [0.2, 0.25) is 0 Å². The van der Waals surface area contributed by atoms with Gasteiger partial charge in [-0.3, -0.25) is 9.59 Å². The van der Waals surface area contributed by atoms with Gasteiger partial charge < -0.3 is 15.0 Å². The molecule has 1 saturated carbocycles. The summed E-state index contributed by atoms with van der Waals surface area (Å²) < 4.78 is 5.01. The highest BCUT2D eigenvalue weighted by Crippen LogP contribution is 2.41. The van der Waals surface area contributed by atoms with Gasteiger partial charge >= 0.3 is 0 Å². The summed E-state index contributed by atoms with van der Waals surface area (Å²) in [5.41, 5.74) is 0.658. The maximum Gasteiger partial charge on any atom is 0.255 e. The van der Waals surface area contributed by atoms with Crippen molar-refractivity contribution in [1.82, 2.24) is 10.2 Å². The number of thioether (sulfide) groups is 1. The Morgan fingerprint density at radius 1 is 1.19 bits per heavy atom. The van der Waals surface area contributed by atoms with Crippen molar-refractivity contribution in [3.63, 3.8) is 0 Å².